The molecule has 0 radical (unpaired) electrons. The van der Waals surface area contributed by atoms with Gasteiger partial charge in [-0.3, -0.25) is 4.79 Å². The zero-order valence-electron chi connectivity index (χ0n) is 13.4. The molecule has 0 spiro atoms. The molecule has 3 aromatic rings. The molecule has 2 aromatic heterocycles. The van der Waals surface area contributed by atoms with Crippen LogP contribution in [-0.4, -0.2) is 35.1 Å². The van der Waals surface area contributed by atoms with Crippen LogP contribution in [0.2, 0.25) is 0 Å². The molecule has 0 aliphatic heterocycles. The number of aromatic nitrogens is 2. The van der Waals surface area contributed by atoms with E-state index < -0.39 is 5.97 Å². The predicted octanol–water partition coefficient (Wildman–Crippen LogP) is 2.62. The van der Waals surface area contributed by atoms with Crippen LogP contribution >= 0.6 is 11.3 Å². The number of carbonyl (C=O) groups is 2. The van der Waals surface area contributed by atoms with Gasteiger partial charge in [0, 0.05) is 13.1 Å². The fourth-order valence-corrected chi connectivity index (χ4v) is 3.36. The first kappa shape index (κ1) is 16.2. The van der Waals surface area contributed by atoms with Crippen LogP contribution in [-0.2, 0) is 11.3 Å². The van der Waals surface area contributed by atoms with Gasteiger partial charge in [-0.1, -0.05) is 12.1 Å². The van der Waals surface area contributed by atoms with E-state index >= 15 is 0 Å². The van der Waals surface area contributed by atoms with E-state index in [0.29, 0.717) is 22.8 Å². The van der Waals surface area contributed by atoms with Gasteiger partial charge in [0.15, 0.2) is 0 Å². The van der Waals surface area contributed by atoms with E-state index in [9.17, 15) is 9.59 Å². The molecule has 3 rings (SSSR count). The Morgan fingerprint density at radius 2 is 1.96 bits per heavy atom. The number of fused-ring (bicyclic) bond motifs is 1. The largest absolute Gasteiger partial charge is 0.465 e. The third-order valence-electron chi connectivity index (χ3n) is 3.68. The highest BCUT2D eigenvalue weighted by atomic mass is 32.1. The molecule has 124 valence electrons. The van der Waals surface area contributed by atoms with E-state index in [1.807, 2.05) is 31.2 Å². The maximum absolute atomic E-state index is 12.2. The zero-order chi connectivity index (χ0) is 17.1. The predicted molar refractivity (Wildman–Crippen MR) is 92.5 cm³/mol. The molecule has 0 aliphatic carbocycles. The van der Waals surface area contributed by atoms with Crippen molar-refractivity contribution in [2.24, 2.45) is 0 Å². The second-order valence-electron chi connectivity index (χ2n) is 5.21. The average molecular weight is 343 g/mol. The number of ether oxygens (including phenoxy) is 1. The number of methoxy groups -OCH3 is 1. The van der Waals surface area contributed by atoms with Gasteiger partial charge < -0.3 is 14.6 Å². The number of hydrogen-bond acceptors (Lipinski definition) is 5. The van der Waals surface area contributed by atoms with Crippen LogP contribution in [0.15, 0.2) is 36.4 Å². The maximum atomic E-state index is 12.2. The van der Waals surface area contributed by atoms with Gasteiger partial charge in [0.2, 0.25) is 0 Å². The minimum atomic E-state index is -0.431. The highest BCUT2D eigenvalue weighted by Crippen LogP contribution is 2.17. The normalized spacial score (nSPS) is 10.8. The lowest BCUT2D eigenvalue weighted by Gasteiger charge is -2.08. The van der Waals surface area contributed by atoms with Gasteiger partial charge in [-0.05, 0) is 31.2 Å². The van der Waals surface area contributed by atoms with Crippen molar-refractivity contribution in [2.75, 3.05) is 13.7 Å². The third-order valence-corrected chi connectivity index (χ3v) is 4.75. The number of nitrogens with one attached hydrogen (secondary N) is 1. The monoisotopic (exact) mass is 343 g/mol. The summed E-state index contributed by atoms with van der Waals surface area (Å²) in [7, 11) is 1.32. The highest BCUT2D eigenvalue weighted by Gasteiger charge is 2.14. The van der Waals surface area contributed by atoms with Gasteiger partial charge in [-0.25, -0.2) is 9.78 Å². The van der Waals surface area contributed by atoms with Crippen LogP contribution in [0.4, 0.5) is 0 Å². The Kier molecular flexibility index (Phi) is 4.61. The molecule has 6 nitrogen and oxygen atoms in total. The van der Waals surface area contributed by atoms with Gasteiger partial charge in [0.05, 0.1) is 23.0 Å². The molecule has 0 fully saturated rings. The summed E-state index contributed by atoms with van der Waals surface area (Å²) in [5.74, 6) is 0.284. The number of aryl methyl sites for hydroxylation is 1. The second kappa shape index (κ2) is 6.84. The number of carbonyl (C=O) groups excluding carboxylic acids is 2. The lowest BCUT2D eigenvalue weighted by atomic mass is 10.3. The fourth-order valence-electron chi connectivity index (χ4n) is 2.52. The number of imidazole rings is 1. The van der Waals surface area contributed by atoms with Crippen molar-refractivity contribution in [3.05, 3.63) is 52.0 Å². The summed E-state index contributed by atoms with van der Waals surface area (Å²) in [6.45, 7) is 3.06. The van der Waals surface area contributed by atoms with Crippen LogP contribution < -0.4 is 5.32 Å². The minimum absolute atomic E-state index is 0.197. The Bertz CT molecular complexity index is 898. The van der Waals surface area contributed by atoms with Gasteiger partial charge >= 0.3 is 5.97 Å². The van der Waals surface area contributed by atoms with E-state index in [4.69, 9.17) is 0 Å². The molecule has 0 aliphatic rings. The number of nitrogens with zero attached hydrogens (tertiary/aromatic N) is 2. The maximum Gasteiger partial charge on any atom is 0.348 e. The van der Waals surface area contributed by atoms with Crippen molar-refractivity contribution in [1.29, 1.82) is 0 Å². The van der Waals surface area contributed by atoms with Crippen LogP contribution in [0.1, 0.15) is 25.2 Å². The van der Waals surface area contributed by atoms with Crippen LogP contribution in [0.25, 0.3) is 11.0 Å². The average Bonchev–Trinajstić information content (AvgIpc) is 3.19. The molecular weight excluding hydrogens is 326 g/mol. The number of thiophene rings is 1. The lowest BCUT2D eigenvalue weighted by molar-refractivity contribution is 0.0606. The van der Waals surface area contributed by atoms with Crippen LogP contribution in [0.5, 0.6) is 0 Å². The number of para-hydroxylation sites is 2. The van der Waals surface area contributed by atoms with E-state index in [-0.39, 0.29) is 5.91 Å². The van der Waals surface area contributed by atoms with Crippen molar-refractivity contribution in [1.82, 2.24) is 14.9 Å². The molecule has 0 bridgehead atoms. The standard InChI is InChI=1S/C17H17N3O3S/c1-11-19-12-5-3-4-6-13(12)20(11)10-9-18-16(21)14-7-8-15(24-14)17(22)23-2/h3-8H,9-10H2,1-2H3,(H,18,21). The Labute approximate surface area is 143 Å². The first-order chi connectivity index (χ1) is 11.6. The molecule has 24 heavy (non-hydrogen) atoms. The summed E-state index contributed by atoms with van der Waals surface area (Å²) in [6.07, 6.45) is 0. The fraction of sp³-hybridized carbons (Fsp3) is 0.235. The van der Waals surface area contributed by atoms with E-state index in [2.05, 4.69) is 19.6 Å². The molecular formula is C17H17N3O3S. The Balaban J connectivity index is 1.63. The number of esters is 1. The molecule has 0 saturated carbocycles. The highest BCUT2D eigenvalue weighted by molar-refractivity contribution is 7.15. The molecule has 1 aromatic carbocycles. The first-order valence-corrected chi connectivity index (χ1v) is 8.30. The summed E-state index contributed by atoms with van der Waals surface area (Å²) >= 11 is 1.12. The van der Waals surface area contributed by atoms with Crippen LogP contribution in [0.3, 0.4) is 0 Å². The molecule has 7 heteroatoms. The summed E-state index contributed by atoms with van der Waals surface area (Å²) in [6, 6.07) is 11.1. The first-order valence-electron chi connectivity index (χ1n) is 7.48. The van der Waals surface area contributed by atoms with E-state index in [1.54, 1.807) is 12.1 Å². The zero-order valence-corrected chi connectivity index (χ0v) is 14.2. The van der Waals surface area contributed by atoms with Crippen molar-refractivity contribution in [3.63, 3.8) is 0 Å². The summed E-state index contributed by atoms with van der Waals surface area (Å²) in [5, 5.41) is 2.87. The molecule has 0 atom stereocenters. The molecule has 1 amide bonds. The quantitative estimate of drug-likeness (QED) is 0.723. The van der Waals surface area contributed by atoms with Gasteiger partial charge in [0.1, 0.15) is 10.7 Å². The second-order valence-corrected chi connectivity index (χ2v) is 6.29. The number of amides is 1. The minimum Gasteiger partial charge on any atom is -0.465 e. The molecule has 2 heterocycles. The Morgan fingerprint density at radius 1 is 1.21 bits per heavy atom. The third kappa shape index (κ3) is 3.16. The number of rotatable bonds is 5. The summed E-state index contributed by atoms with van der Waals surface area (Å²) < 4.78 is 6.72. The van der Waals surface area contributed by atoms with Gasteiger partial charge in [-0.2, -0.15) is 0 Å². The van der Waals surface area contributed by atoms with Crippen molar-refractivity contribution in [2.45, 2.75) is 13.5 Å². The van der Waals surface area contributed by atoms with Crippen molar-refractivity contribution < 1.29 is 14.3 Å². The lowest BCUT2D eigenvalue weighted by Crippen LogP contribution is -2.26. The molecule has 0 unspecified atom stereocenters. The van der Waals surface area contributed by atoms with E-state index in [0.717, 1.165) is 28.2 Å². The van der Waals surface area contributed by atoms with E-state index in [1.165, 1.54) is 7.11 Å². The molecule has 0 saturated heterocycles. The Morgan fingerprint density at radius 3 is 2.75 bits per heavy atom. The summed E-state index contributed by atoms with van der Waals surface area (Å²) in [5.41, 5.74) is 2.00. The summed E-state index contributed by atoms with van der Waals surface area (Å²) in [4.78, 5) is 29.0. The van der Waals surface area contributed by atoms with Crippen molar-refractivity contribution >= 4 is 34.2 Å². The Hall–Kier alpha value is -2.67. The molecule has 1 N–H and O–H groups in total. The topological polar surface area (TPSA) is 73.2 Å². The SMILES string of the molecule is COC(=O)c1ccc(C(=O)NCCn2c(C)nc3ccccc32)s1. The number of benzene rings is 1. The van der Waals surface area contributed by atoms with Gasteiger partial charge in [-0.15, -0.1) is 11.3 Å². The van der Waals surface area contributed by atoms with Crippen LogP contribution in [0, 0.1) is 6.92 Å². The smallest absolute Gasteiger partial charge is 0.348 e. The van der Waals surface area contributed by atoms with Crippen molar-refractivity contribution in [3.8, 4) is 0 Å². The van der Waals surface area contributed by atoms with Gasteiger partial charge in [0.25, 0.3) is 5.91 Å². The number of hydrogen-bond donors (Lipinski definition) is 1.